The molecule has 0 amide bonds. The average Bonchev–Trinajstić information content (AvgIpc) is 3.14. The van der Waals surface area contributed by atoms with Crippen LogP contribution in [0.5, 0.6) is 0 Å². The van der Waals surface area contributed by atoms with Gasteiger partial charge in [0.05, 0.1) is 11.5 Å². The Hall–Kier alpha value is -0.0900. The van der Waals surface area contributed by atoms with E-state index < -0.39 is 9.84 Å². The van der Waals surface area contributed by atoms with Crippen LogP contribution in [0.1, 0.15) is 45.4 Å². The molecule has 2 saturated carbocycles. The van der Waals surface area contributed by atoms with Crippen LogP contribution in [0.4, 0.5) is 0 Å². The molecule has 0 atom stereocenters. The highest BCUT2D eigenvalue weighted by molar-refractivity contribution is 7.91. The van der Waals surface area contributed by atoms with Crippen molar-refractivity contribution in [3.63, 3.8) is 0 Å². The van der Waals surface area contributed by atoms with Crippen molar-refractivity contribution in [2.75, 3.05) is 18.1 Å². The van der Waals surface area contributed by atoms with Crippen LogP contribution >= 0.6 is 0 Å². The molecule has 2 aliphatic carbocycles. The van der Waals surface area contributed by atoms with Crippen LogP contribution in [0.2, 0.25) is 0 Å². The fraction of sp³-hybridized carbons (Fsp3) is 1.00. The first-order valence-electron chi connectivity index (χ1n) is 7.06. The third-order valence-corrected chi connectivity index (χ3v) is 5.60. The number of nitrogens with one attached hydrogen (secondary N) is 1. The molecule has 1 N–H and O–H groups in total. The summed E-state index contributed by atoms with van der Waals surface area (Å²) in [5.74, 6) is 2.38. The molecule has 0 spiro atoms. The molecule has 0 aromatic carbocycles. The minimum atomic E-state index is -2.81. The van der Waals surface area contributed by atoms with Crippen LogP contribution in [0.15, 0.2) is 0 Å². The summed E-state index contributed by atoms with van der Waals surface area (Å²) < 4.78 is 23.4. The van der Waals surface area contributed by atoms with Gasteiger partial charge in [-0.1, -0.05) is 13.3 Å². The van der Waals surface area contributed by atoms with Crippen molar-refractivity contribution in [2.24, 2.45) is 11.8 Å². The predicted octanol–water partition coefficient (Wildman–Crippen LogP) is 1.98. The maximum atomic E-state index is 11.7. The zero-order valence-electron chi connectivity index (χ0n) is 10.8. The summed E-state index contributed by atoms with van der Waals surface area (Å²) in [7, 11) is -2.81. The standard InChI is InChI=1S/C13H25NO2S/c1-2-3-9-17(15,16)10-8-14-13(11-4-5-11)12-6-7-12/h11-14H,2-10H2,1H3. The van der Waals surface area contributed by atoms with Gasteiger partial charge in [-0.05, 0) is 43.9 Å². The van der Waals surface area contributed by atoms with Gasteiger partial charge < -0.3 is 5.32 Å². The van der Waals surface area contributed by atoms with E-state index in [9.17, 15) is 8.42 Å². The van der Waals surface area contributed by atoms with Gasteiger partial charge in [0.1, 0.15) is 0 Å². The third kappa shape index (κ3) is 4.59. The number of sulfone groups is 1. The van der Waals surface area contributed by atoms with Gasteiger partial charge in [0, 0.05) is 12.6 Å². The van der Waals surface area contributed by atoms with E-state index in [0.717, 1.165) is 24.7 Å². The molecule has 2 aliphatic rings. The lowest BCUT2D eigenvalue weighted by molar-refractivity contribution is 0.427. The lowest BCUT2D eigenvalue weighted by Gasteiger charge is -2.17. The zero-order chi connectivity index (χ0) is 12.3. The quantitative estimate of drug-likeness (QED) is 0.689. The lowest BCUT2D eigenvalue weighted by atomic mass is 10.1. The van der Waals surface area contributed by atoms with E-state index in [2.05, 4.69) is 5.32 Å². The van der Waals surface area contributed by atoms with E-state index in [4.69, 9.17) is 0 Å². The van der Waals surface area contributed by atoms with Crippen molar-refractivity contribution in [1.82, 2.24) is 5.32 Å². The minimum Gasteiger partial charge on any atom is -0.312 e. The second kappa shape index (κ2) is 5.70. The Kier molecular flexibility index (Phi) is 4.47. The smallest absolute Gasteiger partial charge is 0.151 e. The van der Waals surface area contributed by atoms with Crippen molar-refractivity contribution >= 4 is 9.84 Å². The zero-order valence-corrected chi connectivity index (χ0v) is 11.6. The fourth-order valence-corrected chi connectivity index (χ4v) is 3.84. The van der Waals surface area contributed by atoms with E-state index in [-0.39, 0.29) is 0 Å². The molecule has 0 radical (unpaired) electrons. The second-order valence-corrected chi connectivity index (χ2v) is 7.96. The van der Waals surface area contributed by atoms with Crippen LogP contribution in [0.25, 0.3) is 0 Å². The van der Waals surface area contributed by atoms with Gasteiger partial charge in [-0.25, -0.2) is 8.42 Å². The highest BCUT2D eigenvalue weighted by atomic mass is 32.2. The average molecular weight is 259 g/mol. The van der Waals surface area contributed by atoms with E-state index in [1.54, 1.807) is 0 Å². The Morgan fingerprint density at radius 1 is 1.12 bits per heavy atom. The summed E-state index contributed by atoms with van der Waals surface area (Å²) in [6.07, 6.45) is 7.14. The van der Waals surface area contributed by atoms with Crippen LogP contribution in [0.3, 0.4) is 0 Å². The van der Waals surface area contributed by atoms with Gasteiger partial charge in [0.2, 0.25) is 0 Å². The first kappa shape index (κ1) is 13.3. The van der Waals surface area contributed by atoms with Gasteiger partial charge >= 0.3 is 0 Å². The van der Waals surface area contributed by atoms with Crippen LogP contribution in [-0.4, -0.2) is 32.5 Å². The molecular weight excluding hydrogens is 234 g/mol. The molecule has 0 aromatic heterocycles. The molecule has 0 saturated heterocycles. The molecule has 2 fully saturated rings. The lowest BCUT2D eigenvalue weighted by Crippen LogP contribution is -2.36. The maximum absolute atomic E-state index is 11.7. The molecular formula is C13H25NO2S. The summed E-state index contributed by atoms with van der Waals surface area (Å²) in [5.41, 5.74) is 0. The molecule has 0 bridgehead atoms. The Bertz CT molecular complexity index is 319. The largest absolute Gasteiger partial charge is 0.312 e. The summed E-state index contributed by atoms with van der Waals surface area (Å²) in [4.78, 5) is 0. The van der Waals surface area contributed by atoms with Crippen molar-refractivity contribution in [3.8, 4) is 0 Å². The maximum Gasteiger partial charge on any atom is 0.151 e. The van der Waals surface area contributed by atoms with Gasteiger partial charge in [0.25, 0.3) is 0 Å². The first-order valence-corrected chi connectivity index (χ1v) is 8.88. The number of hydrogen-bond donors (Lipinski definition) is 1. The Balaban J connectivity index is 1.67. The van der Waals surface area contributed by atoms with Crippen molar-refractivity contribution < 1.29 is 8.42 Å². The van der Waals surface area contributed by atoms with E-state index in [1.165, 1.54) is 25.7 Å². The number of rotatable bonds is 9. The third-order valence-electron chi connectivity index (χ3n) is 3.86. The number of unbranched alkanes of at least 4 members (excludes halogenated alkanes) is 1. The number of hydrogen-bond acceptors (Lipinski definition) is 3. The van der Waals surface area contributed by atoms with Crippen molar-refractivity contribution in [2.45, 2.75) is 51.5 Å². The summed E-state index contributed by atoms with van der Waals surface area (Å²) in [6, 6.07) is 0.622. The van der Waals surface area contributed by atoms with Crippen LogP contribution in [0, 0.1) is 11.8 Å². The Morgan fingerprint density at radius 3 is 2.18 bits per heavy atom. The van der Waals surface area contributed by atoms with E-state index in [0.29, 0.717) is 24.1 Å². The highest BCUT2D eigenvalue weighted by Crippen LogP contribution is 2.44. The topological polar surface area (TPSA) is 46.2 Å². The van der Waals surface area contributed by atoms with E-state index >= 15 is 0 Å². The Labute approximate surface area is 105 Å². The normalized spacial score (nSPS) is 21.1. The molecule has 17 heavy (non-hydrogen) atoms. The molecule has 0 aromatic rings. The van der Waals surface area contributed by atoms with Crippen LogP contribution in [-0.2, 0) is 9.84 Å². The van der Waals surface area contributed by atoms with E-state index in [1.807, 2.05) is 6.92 Å². The van der Waals surface area contributed by atoms with Gasteiger partial charge in [-0.15, -0.1) is 0 Å². The molecule has 0 aliphatic heterocycles. The van der Waals surface area contributed by atoms with Gasteiger partial charge in [-0.2, -0.15) is 0 Å². The first-order chi connectivity index (χ1) is 8.12. The summed E-state index contributed by atoms with van der Waals surface area (Å²) in [6.45, 7) is 2.69. The van der Waals surface area contributed by atoms with Crippen molar-refractivity contribution in [1.29, 1.82) is 0 Å². The van der Waals surface area contributed by atoms with Gasteiger partial charge in [-0.3, -0.25) is 0 Å². The molecule has 0 heterocycles. The SMILES string of the molecule is CCCCS(=O)(=O)CCNC(C1CC1)C1CC1. The summed E-state index contributed by atoms with van der Waals surface area (Å²) in [5, 5.41) is 3.50. The fourth-order valence-electron chi connectivity index (χ4n) is 2.48. The van der Waals surface area contributed by atoms with Gasteiger partial charge in [0.15, 0.2) is 9.84 Å². The highest BCUT2D eigenvalue weighted by Gasteiger charge is 2.40. The second-order valence-electron chi connectivity index (χ2n) is 5.66. The molecule has 100 valence electrons. The molecule has 3 nitrogen and oxygen atoms in total. The summed E-state index contributed by atoms with van der Waals surface area (Å²) >= 11 is 0. The molecule has 2 rings (SSSR count). The Morgan fingerprint density at radius 2 is 1.71 bits per heavy atom. The molecule has 0 unspecified atom stereocenters. The monoisotopic (exact) mass is 259 g/mol. The van der Waals surface area contributed by atoms with Crippen LogP contribution < -0.4 is 5.32 Å². The van der Waals surface area contributed by atoms with Crippen molar-refractivity contribution in [3.05, 3.63) is 0 Å². The molecule has 4 heteroatoms. The predicted molar refractivity (Wildman–Crippen MR) is 70.8 cm³/mol. The minimum absolute atomic E-state index is 0.322.